The van der Waals surface area contributed by atoms with Gasteiger partial charge in [0.05, 0.1) is 22.9 Å². The summed E-state index contributed by atoms with van der Waals surface area (Å²) in [4.78, 5) is 29.9. The van der Waals surface area contributed by atoms with Crippen LogP contribution in [-0.4, -0.2) is 36.6 Å². The largest absolute Gasteiger partial charge is 0.497 e. The molecule has 0 unspecified atom stereocenters. The number of thiazole rings is 1. The molecule has 2 atom stereocenters. The van der Waals surface area contributed by atoms with E-state index in [0.717, 1.165) is 45.8 Å². The van der Waals surface area contributed by atoms with Gasteiger partial charge in [-0.25, -0.2) is 18.6 Å². The van der Waals surface area contributed by atoms with E-state index in [4.69, 9.17) is 4.74 Å². The second-order valence-electron chi connectivity index (χ2n) is 8.50. The van der Waals surface area contributed by atoms with E-state index in [1.54, 1.807) is 0 Å². The molecule has 7 nitrogen and oxygen atoms in total. The molecule has 1 saturated carbocycles. The summed E-state index contributed by atoms with van der Waals surface area (Å²) in [6.07, 6.45) is 1.45. The molecule has 0 bridgehead atoms. The predicted octanol–water partition coefficient (Wildman–Crippen LogP) is 3.46. The van der Waals surface area contributed by atoms with E-state index >= 15 is 0 Å². The maximum Gasteiger partial charge on any atom is 0.316 e. The summed E-state index contributed by atoms with van der Waals surface area (Å²) in [7, 11) is 1.31. The van der Waals surface area contributed by atoms with Gasteiger partial charge < -0.3 is 20.7 Å². The number of aromatic nitrogens is 1. The number of ether oxygens (including phenoxy) is 1. The maximum atomic E-state index is 14.6. The van der Waals surface area contributed by atoms with Crippen molar-refractivity contribution in [3.63, 3.8) is 0 Å². The van der Waals surface area contributed by atoms with E-state index in [-0.39, 0.29) is 17.9 Å². The van der Waals surface area contributed by atoms with E-state index in [9.17, 15) is 18.4 Å². The van der Waals surface area contributed by atoms with Crippen molar-refractivity contribution in [2.45, 2.75) is 37.3 Å². The zero-order valence-corrected chi connectivity index (χ0v) is 18.8. The SMILES string of the molecule is COc1cc(F)c([C@@H]2CNC(=O)[C@H]2NC(=O)NC2(c3nc4ccc(C)cc4s3)CC2)c(F)c1. The van der Waals surface area contributed by atoms with Gasteiger partial charge in [0.1, 0.15) is 28.4 Å². The van der Waals surface area contributed by atoms with Gasteiger partial charge in [0, 0.05) is 30.2 Å². The third kappa shape index (κ3) is 3.88. The lowest BCUT2D eigenvalue weighted by atomic mass is 9.93. The lowest BCUT2D eigenvalue weighted by Gasteiger charge is -2.22. The minimum absolute atomic E-state index is 0.00626. The highest BCUT2D eigenvalue weighted by Gasteiger charge is 2.49. The van der Waals surface area contributed by atoms with Crippen LogP contribution in [0.5, 0.6) is 5.75 Å². The summed E-state index contributed by atoms with van der Waals surface area (Å²) in [6, 6.07) is 6.42. The first-order valence-electron chi connectivity index (χ1n) is 10.6. The summed E-state index contributed by atoms with van der Waals surface area (Å²) in [5, 5.41) is 8.94. The highest BCUT2D eigenvalue weighted by molar-refractivity contribution is 7.18. The Balaban J connectivity index is 1.35. The Bertz CT molecular complexity index is 1250. The molecule has 1 saturated heterocycles. The summed E-state index contributed by atoms with van der Waals surface area (Å²) in [5.41, 5.74) is 1.14. The number of methoxy groups -OCH3 is 1. The second kappa shape index (κ2) is 7.95. The average molecular weight is 473 g/mol. The standard InChI is InChI=1S/C23H22F2N4O3S/c1-11-3-4-16-17(7-11)33-21(27-16)23(5-6-23)29-22(31)28-19-13(10-26-20(19)30)18-14(24)8-12(32-2)9-15(18)25/h3-4,7-9,13,19H,5-6,10H2,1-2H3,(H,26,30)(H2,28,29,31)/t13-,19-/m0/s1. The Labute approximate surface area is 192 Å². The fourth-order valence-corrected chi connectivity index (χ4v) is 5.50. The number of amides is 3. The van der Waals surface area contributed by atoms with Crippen LogP contribution in [0.4, 0.5) is 13.6 Å². The van der Waals surface area contributed by atoms with E-state index in [0.29, 0.717) is 0 Å². The van der Waals surface area contributed by atoms with Crippen molar-refractivity contribution in [1.82, 2.24) is 20.9 Å². The fourth-order valence-electron chi connectivity index (χ4n) is 4.24. The van der Waals surface area contributed by atoms with Crippen molar-refractivity contribution in [3.05, 3.63) is 58.1 Å². The molecule has 1 aliphatic carbocycles. The van der Waals surface area contributed by atoms with E-state index in [1.165, 1.54) is 18.4 Å². The first-order valence-corrected chi connectivity index (χ1v) is 11.4. The zero-order chi connectivity index (χ0) is 23.3. The molecule has 2 fully saturated rings. The van der Waals surface area contributed by atoms with Crippen LogP contribution in [0.2, 0.25) is 0 Å². The number of nitrogens with zero attached hydrogens (tertiary/aromatic N) is 1. The van der Waals surface area contributed by atoms with E-state index < -0.39 is 41.1 Å². The zero-order valence-electron chi connectivity index (χ0n) is 18.0. The molecular weight excluding hydrogens is 450 g/mol. The molecule has 3 aromatic rings. The summed E-state index contributed by atoms with van der Waals surface area (Å²) in [5.74, 6) is -3.01. The number of hydrogen-bond acceptors (Lipinski definition) is 5. The van der Waals surface area contributed by atoms with Gasteiger partial charge in [0.25, 0.3) is 0 Å². The summed E-state index contributed by atoms with van der Waals surface area (Å²) in [6.45, 7) is 2.02. The number of carbonyl (C=O) groups is 2. The number of rotatable bonds is 5. The third-order valence-electron chi connectivity index (χ3n) is 6.18. The fraction of sp³-hybridized carbons (Fsp3) is 0.348. The molecule has 33 heavy (non-hydrogen) atoms. The number of carbonyl (C=O) groups excluding carboxylic acids is 2. The quantitative estimate of drug-likeness (QED) is 0.530. The van der Waals surface area contributed by atoms with Gasteiger partial charge in [-0.1, -0.05) is 6.07 Å². The molecule has 5 rings (SSSR count). The van der Waals surface area contributed by atoms with Crippen molar-refractivity contribution in [2.24, 2.45) is 0 Å². The van der Waals surface area contributed by atoms with Gasteiger partial charge in [-0.2, -0.15) is 0 Å². The van der Waals surface area contributed by atoms with Crippen molar-refractivity contribution in [1.29, 1.82) is 0 Å². The van der Waals surface area contributed by atoms with Gasteiger partial charge in [-0.3, -0.25) is 4.79 Å². The Kier molecular flexibility index (Phi) is 5.19. The number of aryl methyl sites for hydroxylation is 1. The molecule has 2 aliphatic rings. The van der Waals surface area contributed by atoms with Crippen LogP contribution in [0.25, 0.3) is 10.2 Å². The van der Waals surface area contributed by atoms with Crippen molar-refractivity contribution < 1.29 is 23.1 Å². The minimum atomic E-state index is -1.11. The van der Waals surface area contributed by atoms with E-state index in [2.05, 4.69) is 27.0 Å². The molecule has 1 aromatic heterocycles. The number of hydrogen-bond donors (Lipinski definition) is 3. The van der Waals surface area contributed by atoms with Crippen LogP contribution < -0.4 is 20.7 Å². The smallest absolute Gasteiger partial charge is 0.316 e. The molecule has 3 N–H and O–H groups in total. The molecular formula is C23H22F2N4O3S. The molecule has 2 heterocycles. The average Bonchev–Trinajstić information content (AvgIpc) is 3.28. The Morgan fingerprint density at radius 1 is 1.24 bits per heavy atom. The number of halogens is 2. The minimum Gasteiger partial charge on any atom is -0.497 e. The van der Waals surface area contributed by atoms with Crippen LogP contribution in [0.3, 0.4) is 0 Å². The topological polar surface area (TPSA) is 92.4 Å². The molecule has 10 heteroatoms. The molecule has 172 valence electrons. The number of benzene rings is 2. The normalized spacial score (nSPS) is 21.0. The van der Waals surface area contributed by atoms with Gasteiger partial charge in [0.2, 0.25) is 5.91 Å². The van der Waals surface area contributed by atoms with Crippen molar-refractivity contribution in [2.75, 3.05) is 13.7 Å². The molecule has 0 spiro atoms. The van der Waals surface area contributed by atoms with Crippen LogP contribution >= 0.6 is 11.3 Å². The van der Waals surface area contributed by atoms with Gasteiger partial charge in [0.15, 0.2) is 0 Å². The second-order valence-corrected chi connectivity index (χ2v) is 9.54. The molecule has 3 amide bonds. The van der Waals surface area contributed by atoms with Crippen LogP contribution in [-0.2, 0) is 10.3 Å². The summed E-state index contributed by atoms with van der Waals surface area (Å²) >= 11 is 1.53. The number of fused-ring (bicyclic) bond motifs is 1. The Morgan fingerprint density at radius 2 is 1.97 bits per heavy atom. The van der Waals surface area contributed by atoms with Gasteiger partial charge in [-0.15, -0.1) is 11.3 Å². The Morgan fingerprint density at radius 3 is 2.64 bits per heavy atom. The van der Waals surface area contributed by atoms with E-state index in [1.807, 2.05) is 19.1 Å². The predicted molar refractivity (Wildman–Crippen MR) is 119 cm³/mol. The van der Waals surface area contributed by atoms with Gasteiger partial charge >= 0.3 is 6.03 Å². The van der Waals surface area contributed by atoms with Crippen LogP contribution in [0.15, 0.2) is 30.3 Å². The summed E-state index contributed by atoms with van der Waals surface area (Å²) < 4.78 is 35.2. The monoisotopic (exact) mass is 472 g/mol. The third-order valence-corrected chi connectivity index (χ3v) is 7.41. The highest BCUT2D eigenvalue weighted by Crippen LogP contribution is 2.48. The number of urea groups is 1. The highest BCUT2D eigenvalue weighted by atomic mass is 32.1. The Hall–Kier alpha value is -3.27. The van der Waals surface area contributed by atoms with Crippen molar-refractivity contribution in [3.8, 4) is 5.75 Å². The lowest BCUT2D eigenvalue weighted by molar-refractivity contribution is -0.120. The van der Waals surface area contributed by atoms with Gasteiger partial charge in [-0.05, 0) is 37.5 Å². The first kappa shape index (κ1) is 21.6. The molecule has 1 aliphatic heterocycles. The van der Waals surface area contributed by atoms with Crippen LogP contribution in [0.1, 0.15) is 34.9 Å². The lowest BCUT2D eigenvalue weighted by Crippen LogP contribution is -2.50. The van der Waals surface area contributed by atoms with Crippen molar-refractivity contribution >= 4 is 33.5 Å². The maximum absolute atomic E-state index is 14.6. The first-order chi connectivity index (χ1) is 15.8. The molecule has 0 radical (unpaired) electrons. The van der Waals surface area contributed by atoms with Crippen LogP contribution in [0, 0.1) is 18.6 Å². The molecule has 2 aromatic carbocycles. The number of nitrogens with one attached hydrogen (secondary N) is 3.